The van der Waals surface area contributed by atoms with Crippen LogP contribution >= 0.6 is 11.3 Å². The standard InChI is InChI=1S/C22H23FN4O2S/c1-14-10-17(26-22-24-12-15(2)30-22)11-19(25-14)20-4-3-9-27(20)21(28)13-29-18-7-5-16(23)6-8-18/h5-8,10-12,20H,3-4,9,13H2,1-2H3,(H,24,25,26). The molecule has 1 fully saturated rings. The maximum Gasteiger partial charge on any atom is 0.261 e. The van der Waals surface area contributed by atoms with E-state index in [0.717, 1.165) is 39.9 Å². The number of benzene rings is 1. The van der Waals surface area contributed by atoms with E-state index in [4.69, 9.17) is 4.74 Å². The molecule has 0 saturated carbocycles. The highest BCUT2D eigenvalue weighted by molar-refractivity contribution is 7.15. The Kier molecular flexibility index (Phi) is 5.94. The van der Waals surface area contributed by atoms with E-state index in [9.17, 15) is 9.18 Å². The summed E-state index contributed by atoms with van der Waals surface area (Å²) in [6, 6.07) is 9.53. The molecule has 1 aliphatic rings. The molecule has 6 nitrogen and oxygen atoms in total. The molecule has 156 valence electrons. The van der Waals surface area contributed by atoms with Crippen LogP contribution in [0.15, 0.2) is 42.6 Å². The summed E-state index contributed by atoms with van der Waals surface area (Å²) < 4.78 is 18.6. The number of thiazole rings is 1. The van der Waals surface area contributed by atoms with Crippen molar-refractivity contribution >= 4 is 28.1 Å². The van der Waals surface area contributed by atoms with Crippen molar-refractivity contribution in [3.05, 3.63) is 64.7 Å². The van der Waals surface area contributed by atoms with Gasteiger partial charge in [-0.25, -0.2) is 9.37 Å². The normalized spacial score (nSPS) is 16.0. The van der Waals surface area contributed by atoms with Crippen LogP contribution in [0.5, 0.6) is 5.75 Å². The molecule has 1 N–H and O–H groups in total. The van der Waals surface area contributed by atoms with E-state index in [1.807, 2.05) is 37.1 Å². The second-order valence-corrected chi connectivity index (χ2v) is 8.55. The molecule has 4 rings (SSSR count). The second-order valence-electron chi connectivity index (χ2n) is 7.31. The van der Waals surface area contributed by atoms with Crippen molar-refractivity contribution in [1.82, 2.24) is 14.9 Å². The summed E-state index contributed by atoms with van der Waals surface area (Å²) in [5.74, 6) is 0.0331. The van der Waals surface area contributed by atoms with E-state index in [0.29, 0.717) is 12.3 Å². The molecule has 1 amide bonds. The average Bonchev–Trinajstić information content (AvgIpc) is 3.36. The number of nitrogens with zero attached hydrogens (tertiary/aromatic N) is 3. The van der Waals surface area contributed by atoms with Gasteiger partial charge in [-0.05, 0) is 63.1 Å². The number of carbonyl (C=O) groups is 1. The number of ether oxygens (including phenoxy) is 1. The zero-order valence-electron chi connectivity index (χ0n) is 16.9. The van der Waals surface area contributed by atoms with Crippen molar-refractivity contribution in [1.29, 1.82) is 0 Å². The minimum absolute atomic E-state index is 0.0859. The SMILES string of the molecule is Cc1cc(Nc2ncc(C)s2)cc(C2CCCN2C(=O)COc2ccc(F)cc2)n1. The van der Waals surface area contributed by atoms with E-state index < -0.39 is 0 Å². The number of hydrogen-bond donors (Lipinski definition) is 1. The van der Waals surface area contributed by atoms with Gasteiger partial charge in [0.15, 0.2) is 11.7 Å². The number of aryl methyl sites for hydroxylation is 2. The Hall–Kier alpha value is -3.00. The van der Waals surface area contributed by atoms with E-state index in [-0.39, 0.29) is 24.4 Å². The predicted octanol–water partition coefficient (Wildman–Crippen LogP) is 4.78. The quantitative estimate of drug-likeness (QED) is 0.614. The summed E-state index contributed by atoms with van der Waals surface area (Å²) >= 11 is 1.59. The van der Waals surface area contributed by atoms with Crippen LogP contribution in [0.1, 0.15) is 35.1 Å². The number of aromatic nitrogens is 2. The molecule has 0 spiro atoms. The van der Waals surface area contributed by atoms with Gasteiger partial charge in [-0.15, -0.1) is 11.3 Å². The summed E-state index contributed by atoms with van der Waals surface area (Å²) in [5, 5.41) is 4.16. The highest BCUT2D eigenvalue weighted by Gasteiger charge is 2.31. The third-order valence-corrected chi connectivity index (χ3v) is 5.76. The molecule has 1 atom stereocenters. The van der Waals surface area contributed by atoms with E-state index in [1.165, 1.54) is 24.3 Å². The van der Waals surface area contributed by atoms with Crippen LogP contribution in [0.25, 0.3) is 0 Å². The first-order valence-corrected chi connectivity index (χ1v) is 10.7. The van der Waals surface area contributed by atoms with E-state index in [2.05, 4.69) is 15.3 Å². The Labute approximate surface area is 178 Å². The van der Waals surface area contributed by atoms with Crippen molar-refractivity contribution in [2.45, 2.75) is 32.7 Å². The summed E-state index contributed by atoms with van der Waals surface area (Å²) in [7, 11) is 0. The lowest BCUT2D eigenvalue weighted by molar-refractivity contribution is -0.134. The molecule has 3 heterocycles. The lowest BCUT2D eigenvalue weighted by atomic mass is 10.1. The average molecular weight is 427 g/mol. The van der Waals surface area contributed by atoms with Gasteiger partial charge in [0.05, 0.1) is 11.7 Å². The zero-order chi connectivity index (χ0) is 21.1. The van der Waals surface area contributed by atoms with E-state index in [1.54, 1.807) is 11.3 Å². The summed E-state index contributed by atoms with van der Waals surface area (Å²) in [5.41, 5.74) is 2.65. The topological polar surface area (TPSA) is 67.4 Å². The van der Waals surface area contributed by atoms with Gasteiger partial charge in [0.1, 0.15) is 11.6 Å². The fourth-order valence-corrected chi connectivity index (χ4v) is 4.29. The van der Waals surface area contributed by atoms with Gasteiger partial charge in [-0.1, -0.05) is 0 Å². The predicted molar refractivity (Wildman–Crippen MR) is 115 cm³/mol. The van der Waals surface area contributed by atoms with Crippen molar-refractivity contribution in [2.24, 2.45) is 0 Å². The highest BCUT2D eigenvalue weighted by atomic mass is 32.1. The Balaban J connectivity index is 1.46. The first-order valence-electron chi connectivity index (χ1n) is 9.84. The maximum atomic E-state index is 13.0. The van der Waals surface area contributed by atoms with Crippen LogP contribution in [0.2, 0.25) is 0 Å². The van der Waals surface area contributed by atoms with Gasteiger partial charge in [-0.3, -0.25) is 9.78 Å². The van der Waals surface area contributed by atoms with Gasteiger partial charge >= 0.3 is 0 Å². The van der Waals surface area contributed by atoms with Gasteiger partial charge < -0.3 is 15.0 Å². The third kappa shape index (κ3) is 4.76. The molecule has 1 saturated heterocycles. The van der Waals surface area contributed by atoms with Crippen molar-refractivity contribution in [2.75, 3.05) is 18.5 Å². The van der Waals surface area contributed by atoms with E-state index >= 15 is 0 Å². The van der Waals surface area contributed by atoms with Crippen LogP contribution in [-0.4, -0.2) is 33.9 Å². The molecule has 0 bridgehead atoms. The number of anilines is 2. The molecule has 30 heavy (non-hydrogen) atoms. The monoisotopic (exact) mass is 426 g/mol. The van der Waals surface area contributed by atoms with Crippen LogP contribution in [0.4, 0.5) is 15.2 Å². The molecule has 1 aliphatic heterocycles. The molecule has 1 aromatic carbocycles. The molecule has 0 radical (unpaired) electrons. The van der Waals surface area contributed by atoms with Gasteiger partial charge in [-0.2, -0.15) is 0 Å². The molecule has 8 heteroatoms. The lowest BCUT2D eigenvalue weighted by Gasteiger charge is -2.25. The van der Waals surface area contributed by atoms with Gasteiger partial charge in [0.25, 0.3) is 5.91 Å². The summed E-state index contributed by atoms with van der Waals surface area (Å²) in [6.45, 7) is 4.54. The maximum absolute atomic E-state index is 13.0. The fraction of sp³-hybridized carbons (Fsp3) is 0.318. The van der Waals surface area contributed by atoms with Crippen LogP contribution in [-0.2, 0) is 4.79 Å². The minimum atomic E-state index is -0.337. The Bertz CT molecular complexity index is 1040. The van der Waals surface area contributed by atoms with Crippen molar-refractivity contribution in [3.63, 3.8) is 0 Å². The summed E-state index contributed by atoms with van der Waals surface area (Å²) in [6.07, 6.45) is 3.60. The first kappa shape index (κ1) is 20.3. The Morgan fingerprint density at radius 1 is 1.30 bits per heavy atom. The fourth-order valence-electron chi connectivity index (χ4n) is 3.60. The number of halogens is 1. The van der Waals surface area contributed by atoms with Gasteiger partial charge in [0, 0.05) is 29.0 Å². The number of nitrogens with one attached hydrogen (secondary N) is 1. The van der Waals surface area contributed by atoms with Crippen LogP contribution in [0.3, 0.4) is 0 Å². The highest BCUT2D eigenvalue weighted by Crippen LogP contribution is 2.33. The van der Waals surface area contributed by atoms with Crippen LogP contribution < -0.4 is 10.1 Å². The zero-order valence-corrected chi connectivity index (χ0v) is 17.7. The third-order valence-electron chi connectivity index (χ3n) is 4.94. The summed E-state index contributed by atoms with van der Waals surface area (Å²) in [4.78, 5) is 24.8. The molecule has 3 aromatic rings. The van der Waals surface area contributed by atoms with Crippen molar-refractivity contribution < 1.29 is 13.9 Å². The van der Waals surface area contributed by atoms with Crippen molar-refractivity contribution in [3.8, 4) is 5.75 Å². The minimum Gasteiger partial charge on any atom is -0.484 e. The largest absolute Gasteiger partial charge is 0.484 e. The van der Waals surface area contributed by atoms with Gasteiger partial charge in [0.2, 0.25) is 0 Å². The second kappa shape index (κ2) is 8.79. The Morgan fingerprint density at radius 2 is 2.10 bits per heavy atom. The number of pyridine rings is 1. The molecule has 2 aromatic heterocycles. The number of carbonyl (C=O) groups excluding carboxylic acids is 1. The number of amides is 1. The number of rotatable bonds is 6. The smallest absolute Gasteiger partial charge is 0.261 e. The number of hydrogen-bond acceptors (Lipinski definition) is 6. The molecular weight excluding hydrogens is 403 g/mol. The Morgan fingerprint density at radius 3 is 2.83 bits per heavy atom. The molecule has 0 aliphatic carbocycles. The molecule has 1 unspecified atom stereocenters. The first-order chi connectivity index (χ1) is 14.5. The number of likely N-dealkylation sites (tertiary alicyclic amines) is 1. The lowest BCUT2D eigenvalue weighted by Crippen LogP contribution is -2.34. The molecular formula is C22H23FN4O2S. The van der Waals surface area contributed by atoms with Crippen LogP contribution in [0, 0.1) is 19.7 Å².